The van der Waals surface area contributed by atoms with E-state index >= 15 is 0 Å². The van der Waals surface area contributed by atoms with Crippen LogP contribution in [0.4, 0.5) is 5.69 Å². The molecule has 4 aliphatic rings. The number of fused-ring (bicyclic) bond motifs is 5. The van der Waals surface area contributed by atoms with E-state index in [1.165, 1.54) is 24.3 Å². The summed E-state index contributed by atoms with van der Waals surface area (Å²) >= 11 is 0. The van der Waals surface area contributed by atoms with E-state index in [0.29, 0.717) is 41.9 Å². The van der Waals surface area contributed by atoms with E-state index in [1.807, 2.05) is 6.92 Å². The van der Waals surface area contributed by atoms with Crippen LogP contribution < -0.4 is 0 Å². The molecule has 4 saturated carbocycles. The first-order chi connectivity index (χ1) is 17.0. The Kier molecular flexibility index (Phi) is 6.58. The minimum absolute atomic E-state index is 0.00835. The zero-order chi connectivity index (χ0) is 26.0. The molecular weight excluding hydrogens is 458 g/mol. The number of carbonyl (C=O) groups is 1. The van der Waals surface area contributed by atoms with Crippen molar-refractivity contribution in [2.24, 2.45) is 46.3 Å². The predicted molar refractivity (Wildman–Crippen MR) is 135 cm³/mol. The molecule has 5 rings (SSSR count). The average Bonchev–Trinajstić information content (AvgIpc) is 3.21. The third kappa shape index (κ3) is 3.93. The second-order valence-corrected chi connectivity index (χ2v) is 12.9. The molecule has 3 N–H and O–H groups in total. The number of aliphatic hydroxyl groups excluding tert-OH is 3. The first kappa shape index (κ1) is 25.8. The molecule has 0 heterocycles. The lowest BCUT2D eigenvalue weighted by Crippen LogP contribution is -2.57. The fraction of sp³-hybridized carbons (Fsp3) is 0.759. The van der Waals surface area contributed by atoms with Gasteiger partial charge in [-0.2, -0.15) is 0 Å². The highest BCUT2D eigenvalue weighted by atomic mass is 16.6. The molecule has 0 amide bonds. The lowest BCUT2D eigenvalue weighted by Gasteiger charge is -2.60. The van der Waals surface area contributed by atoms with Gasteiger partial charge < -0.3 is 15.3 Å². The van der Waals surface area contributed by atoms with E-state index in [4.69, 9.17) is 0 Å². The van der Waals surface area contributed by atoms with Gasteiger partial charge in [0.2, 0.25) is 0 Å². The molecule has 0 radical (unpaired) electrons. The molecule has 0 bridgehead atoms. The minimum atomic E-state index is -1.11. The molecule has 198 valence electrons. The van der Waals surface area contributed by atoms with Gasteiger partial charge in [-0.05, 0) is 103 Å². The average molecular weight is 500 g/mol. The molecule has 1 aromatic carbocycles. The van der Waals surface area contributed by atoms with E-state index in [-0.39, 0.29) is 40.4 Å². The summed E-state index contributed by atoms with van der Waals surface area (Å²) in [6.45, 7) is 6.67. The number of non-ortho nitro benzene ring substituents is 1. The number of nitro benzene ring substituents is 1. The maximum atomic E-state index is 13.3. The summed E-state index contributed by atoms with van der Waals surface area (Å²) in [5.74, 6) is 1.72. The van der Waals surface area contributed by atoms with Gasteiger partial charge in [-0.1, -0.05) is 20.8 Å². The Morgan fingerprint density at radius 3 is 2.31 bits per heavy atom. The fourth-order valence-corrected chi connectivity index (χ4v) is 9.44. The van der Waals surface area contributed by atoms with E-state index in [0.717, 1.165) is 38.5 Å². The van der Waals surface area contributed by atoms with Crippen LogP contribution in [0.1, 0.15) is 83.8 Å². The van der Waals surface area contributed by atoms with Gasteiger partial charge in [0.05, 0.1) is 17.1 Å². The van der Waals surface area contributed by atoms with Crippen LogP contribution in [-0.4, -0.2) is 38.2 Å². The topological polar surface area (TPSA) is 121 Å². The van der Waals surface area contributed by atoms with Gasteiger partial charge in [0.15, 0.2) is 0 Å². The Morgan fingerprint density at radius 1 is 1.00 bits per heavy atom. The zero-order valence-electron chi connectivity index (χ0n) is 21.7. The molecule has 7 heteroatoms. The summed E-state index contributed by atoms with van der Waals surface area (Å²) < 4.78 is 0. The highest BCUT2D eigenvalue weighted by Crippen LogP contribution is 2.68. The van der Waals surface area contributed by atoms with Crippen molar-refractivity contribution in [3.8, 4) is 0 Å². The van der Waals surface area contributed by atoms with Crippen molar-refractivity contribution in [3.05, 3.63) is 39.9 Å². The first-order valence-corrected chi connectivity index (χ1v) is 13.8. The summed E-state index contributed by atoms with van der Waals surface area (Å²) in [4.78, 5) is 23.8. The molecule has 1 aromatic rings. The number of carbonyl (C=O) groups excluding carboxylic acids is 1. The number of aliphatic hydroxyl groups is 3. The Bertz CT molecular complexity index is 1010. The van der Waals surface area contributed by atoms with Crippen LogP contribution in [0.5, 0.6) is 0 Å². The molecule has 0 spiro atoms. The van der Waals surface area contributed by atoms with Crippen molar-refractivity contribution < 1.29 is 25.0 Å². The van der Waals surface area contributed by atoms with Crippen LogP contribution in [0.3, 0.4) is 0 Å². The number of nitro groups is 1. The Hall–Kier alpha value is -1.83. The van der Waals surface area contributed by atoms with Gasteiger partial charge in [-0.3, -0.25) is 14.9 Å². The van der Waals surface area contributed by atoms with Crippen molar-refractivity contribution in [3.63, 3.8) is 0 Å². The SMILES string of the molecule is C[C@H]([C@H](O)[C@@H](O)c1ccc([N+](=O)[O-])cc1)[C@H]1CC[C@H]2[C@@H]3CC(=O)[C@H]4C[C@H](O)CC[C@]4(C)[C@H]3CC[C@]12C. The highest BCUT2D eigenvalue weighted by Gasteiger charge is 2.62. The number of benzene rings is 1. The molecule has 0 unspecified atom stereocenters. The summed E-state index contributed by atoms with van der Waals surface area (Å²) in [5.41, 5.74) is 0.436. The number of rotatable bonds is 5. The molecule has 4 aliphatic carbocycles. The summed E-state index contributed by atoms with van der Waals surface area (Å²) in [5, 5.41) is 43.4. The standard InChI is InChI=1S/C29H41NO6/c1-16(26(33)27(34)17-4-6-18(7-5-17)30(35)36)21-8-9-22-20-15-25(32)24-14-19(31)10-12-29(24,3)23(20)11-13-28(21,22)2/h4-7,16,19-24,26-27,31,33-34H,8-15H2,1-3H3/t16-,19+,20-,21+,22-,23-,24+,26-,27-,28+,29+/m0/s1. The smallest absolute Gasteiger partial charge is 0.269 e. The lowest BCUT2D eigenvalue weighted by atomic mass is 9.44. The Balaban J connectivity index is 1.34. The number of hydrogen-bond acceptors (Lipinski definition) is 6. The number of Topliss-reactive ketones (excluding diaryl/α,β-unsaturated/α-hetero) is 1. The second-order valence-electron chi connectivity index (χ2n) is 12.9. The molecular formula is C29H41NO6. The molecule has 0 saturated heterocycles. The van der Waals surface area contributed by atoms with Crippen molar-refractivity contribution in [2.45, 2.75) is 90.4 Å². The fourth-order valence-electron chi connectivity index (χ4n) is 9.44. The van der Waals surface area contributed by atoms with Crippen LogP contribution >= 0.6 is 0 Å². The van der Waals surface area contributed by atoms with Crippen molar-refractivity contribution in [1.82, 2.24) is 0 Å². The molecule has 4 fully saturated rings. The molecule has 0 aromatic heterocycles. The largest absolute Gasteiger partial charge is 0.393 e. The maximum absolute atomic E-state index is 13.3. The summed E-state index contributed by atoms with van der Waals surface area (Å²) in [6, 6.07) is 5.77. The van der Waals surface area contributed by atoms with Gasteiger partial charge in [-0.15, -0.1) is 0 Å². The molecule has 36 heavy (non-hydrogen) atoms. The lowest BCUT2D eigenvalue weighted by molar-refractivity contribution is -0.384. The number of nitrogens with zero attached hydrogens (tertiary/aromatic N) is 1. The van der Waals surface area contributed by atoms with Crippen LogP contribution in [0, 0.1) is 56.5 Å². The van der Waals surface area contributed by atoms with Crippen molar-refractivity contribution in [1.29, 1.82) is 0 Å². The normalized spacial score (nSPS) is 42.6. The number of ketones is 1. The van der Waals surface area contributed by atoms with Gasteiger partial charge >= 0.3 is 0 Å². The highest BCUT2D eigenvalue weighted by molar-refractivity contribution is 5.83. The quantitative estimate of drug-likeness (QED) is 0.394. The molecule has 0 aliphatic heterocycles. The van der Waals surface area contributed by atoms with E-state index in [2.05, 4.69) is 13.8 Å². The third-order valence-corrected chi connectivity index (χ3v) is 11.4. The minimum Gasteiger partial charge on any atom is -0.393 e. The van der Waals surface area contributed by atoms with E-state index < -0.39 is 17.1 Å². The maximum Gasteiger partial charge on any atom is 0.269 e. The monoisotopic (exact) mass is 499 g/mol. The van der Waals surface area contributed by atoms with E-state index in [1.54, 1.807) is 0 Å². The van der Waals surface area contributed by atoms with Gasteiger partial charge in [0.25, 0.3) is 5.69 Å². The zero-order valence-corrected chi connectivity index (χ0v) is 21.7. The van der Waals surface area contributed by atoms with Gasteiger partial charge in [-0.25, -0.2) is 0 Å². The van der Waals surface area contributed by atoms with Crippen LogP contribution in [0.25, 0.3) is 0 Å². The van der Waals surface area contributed by atoms with E-state index in [9.17, 15) is 30.2 Å². The van der Waals surface area contributed by atoms with Crippen molar-refractivity contribution in [2.75, 3.05) is 0 Å². The Labute approximate surface area is 213 Å². The summed E-state index contributed by atoms with van der Waals surface area (Å²) in [7, 11) is 0. The van der Waals surface area contributed by atoms with Crippen molar-refractivity contribution >= 4 is 11.5 Å². The van der Waals surface area contributed by atoms with Crippen LogP contribution in [0.15, 0.2) is 24.3 Å². The predicted octanol–water partition coefficient (Wildman–Crippen LogP) is 4.82. The Morgan fingerprint density at radius 2 is 1.64 bits per heavy atom. The molecule has 11 atom stereocenters. The second kappa shape index (κ2) is 9.17. The number of hydrogen-bond donors (Lipinski definition) is 3. The van der Waals surface area contributed by atoms with Crippen LogP contribution in [-0.2, 0) is 4.79 Å². The first-order valence-electron chi connectivity index (χ1n) is 13.8. The third-order valence-electron chi connectivity index (χ3n) is 11.4. The van der Waals surface area contributed by atoms with Gasteiger partial charge in [0, 0.05) is 24.5 Å². The molecule has 7 nitrogen and oxygen atoms in total. The van der Waals surface area contributed by atoms with Crippen LogP contribution in [0.2, 0.25) is 0 Å². The summed E-state index contributed by atoms with van der Waals surface area (Å²) in [6.07, 6.45) is 4.69. The van der Waals surface area contributed by atoms with Gasteiger partial charge in [0.1, 0.15) is 11.9 Å².